The number of benzene rings is 1. The van der Waals surface area contributed by atoms with Gasteiger partial charge in [-0.3, -0.25) is 4.79 Å². The first-order valence-electron chi connectivity index (χ1n) is 10.6. The van der Waals surface area contributed by atoms with Crippen LogP contribution in [0.1, 0.15) is 42.6 Å². The second-order valence-corrected chi connectivity index (χ2v) is 8.82. The molecule has 5 aromatic rings. The van der Waals surface area contributed by atoms with Crippen molar-refractivity contribution >= 4 is 22.8 Å². The number of aromatic nitrogens is 4. The number of carbonyl (C=O) groups is 1. The fourth-order valence-electron chi connectivity index (χ4n) is 3.53. The lowest BCUT2D eigenvalue weighted by Crippen LogP contribution is -2.14. The van der Waals surface area contributed by atoms with Crippen molar-refractivity contribution in [1.29, 1.82) is 0 Å². The monoisotopic (exact) mass is 441 g/mol. The maximum Gasteiger partial charge on any atom is 0.257 e. The third-order valence-corrected chi connectivity index (χ3v) is 5.30. The van der Waals surface area contributed by atoms with E-state index in [0.717, 1.165) is 11.3 Å². The van der Waals surface area contributed by atoms with Crippen molar-refractivity contribution in [2.75, 3.05) is 5.32 Å². The molecule has 4 heterocycles. The fourth-order valence-corrected chi connectivity index (χ4v) is 3.53. The van der Waals surface area contributed by atoms with Crippen LogP contribution in [0.5, 0.6) is 0 Å². The van der Waals surface area contributed by atoms with E-state index in [4.69, 9.17) is 13.9 Å². The molecule has 1 amide bonds. The first kappa shape index (κ1) is 20.7. The van der Waals surface area contributed by atoms with E-state index >= 15 is 0 Å². The number of hydrogen-bond acceptors (Lipinski definition) is 6. The topological polar surface area (TPSA) is 99.0 Å². The van der Waals surface area contributed by atoms with Crippen molar-refractivity contribution in [2.24, 2.45) is 0 Å². The summed E-state index contributed by atoms with van der Waals surface area (Å²) in [5.74, 6) is 1.48. The first-order chi connectivity index (χ1) is 15.9. The molecule has 0 saturated carbocycles. The number of hydrogen-bond donors (Lipinski definition) is 1. The zero-order valence-electron chi connectivity index (χ0n) is 18.6. The minimum atomic E-state index is -0.314. The van der Waals surface area contributed by atoms with Crippen molar-refractivity contribution in [3.8, 4) is 11.3 Å². The van der Waals surface area contributed by atoms with Gasteiger partial charge in [0.15, 0.2) is 11.5 Å². The van der Waals surface area contributed by atoms with Gasteiger partial charge in [0.25, 0.3) is 5.91 Å². The summed E-state index contributed by atoms with van der Waals surface area (Å²) in [6.45, 7) is 6.46. The third kappa shape index (κ3) is 4.15. The Bertz CT molecular complexity index is 1410. The quantitative estimate of drug-likeness (QED) is 0.398. The van der Waals surface area contributed by atoms with Gasteiger partial charge in [-0.05, 0) is 18.2 Å². The molecule has 0 aliphatic carbocycles. The second-order valence-electron chi connectivity index (χ2n) is 8.82. The highest BCUT2D eigenvalue weighted by molar-refractivity contribution is 6.12. The van der Waals surface area contributed by atoms with E-state index in [1.165, 1.54) is 0 Å². The number of nitrogens with one attached hydrogen (secondary N) is 1. The fraction of sp³-hybridized carbons (Fsp3) is 0.200. The van der Waals surface area contributed by atoms with Crippen LogP contribution in [0.2, 0.25) is 0 Å². The Morgan fingerprint density at radius 2 is 1.91 bits per heavy atom. The summed E-state index contributed by atoms with van der Waals surface area (Å²) in [5.41, 5.74) is 2.40. The van der Waals surface area contributed by atoms with Crippen LogP contribution in [0.4, 0.5) is 5.82 Å². The van der Waals surface area contributed by atoms with Crippen molar-refractivity contribution in [3.63, 3.8) is 0 Å². The number of pyridine rings is 1. The molecule has 0 bridgehead atoms. The predicted molar refractivity (Wildman–Crippen MR) is 124 cm³/mol. The van der Waals surface area contributed by atoms with Gasteiger partial charge in [-0.15, -0.1) is 0 Å². The van der Waals surface area contributed by atoms with Crippen LogP contribution in [0.25, 0.3) is 22.3 Å². The average molecular weight is 441 g/mol. The summed E-state index contributed by atoms with van der Waals surface area (Å²) in [7, 11) is 0. The van der Waals surface area contributed by atoms with Gasteiger partial charge in [0.2, 0.25) is 0 Å². The van der Waals surface area contributed by atoms with Gasteiger partial charge in [-0.1, -0.05) is 56.3 Å². The molecule has 5 rings (SSSR count). The molecule has 0 radical (unpaired) electrons. The average Bonchev–Trinajstić information content (AvgIpc) is 3.55. The zero-order chi connectivity index (χ0) is 23.0. The normalized spacial score (nSPS) is 11.7. The molecule has 0 atom stereocenters. The van der Waals surface area contributed by atoms with Gasteiger partial charge in [0.1, 0.15) is 18.1 Å². The molecule has 33 heavy (non-hydrogen) atoms. The Kier molecular flexibility index (Phi) is 5.05. The molecule has 4 aromatic heterocycles. The number of fused-ring (bicyclic) bond motifs is 1. The van der Waals surface area contributed by atoms with E-state index in [-0.39, 0.29) is 11.3 Å². The molecule has 8 heteroatoms. The van der Waals surface area contributed by atoms with Gasteiger partial charge in [-0.2, -0.15) is 5.10 Å². The van der Waals surface area contributed by atoms with E-state index in [1.54, 1.807) is 29.3 Å². The molecule has 1 N–H and O–H groups in total. The van der Waals surface area contributed by atoms with Crippen molar-refractivity contribution in [3.05, 3.63) is 84.1 Å². The summed E-state index contributed by atoms with van der Waals surface area (Å²) in [6, 6.07) is 16.9. The van der Waals surface area contributed by atoms with E-state index in [2.05, 4.69) is 15.6 Å². The summed E-state index contributed by atoms with van der Waals surface area (Å²) >= 11 is 0. The maximum absolute atomic E-state index is 13.3. The number of amides is 1. The molecule has 0 saturated heterocycles. The molecule has 166 valence electrons. The van der Waals surface area contributed by atoms with Crippen LogP contribution >= 0.6 is 0 Å². The van der Waals surface area contributed by atoms with Crippen molar-refractivity contribution in [1.82, 2.24) is 19.9 Å². The van der Waals surface area contributed by atoms with Crippen LogP contribution < -0.4 is 5.32 Å². The Morgan fingerprint density at radius 3 is 2.61 bits per heavy atom. The molecular weight excluding hydrogens is 418 g/mol. The van der Waals surface area contributed by atoms with Crippen LogP contribution in [-0.4, -0.2) is 25.8 Å². The zero-order valence-corrected chi connectivity index (χ0v) is 18.6. The van der Waals surface area contributed by atoms with Gasteiger partial charge in [0, 0.05) is 17.0 Å². The molecule has 0 unspecified atom stereocenters. The van der Waals surface area contributed by atoms with E-state index in [1.807, 2.05) is 63.2 Å². The van der Waals surface area contributed by atoms with Gasteiger partial charge >= 0.3 is 0 Å². The third-order valence-electron chi connectivity index (χ3n) is 5.30. The molecule has 8 nitrogen and oxygen atoms in total. The smallest absolute Gasteiger partial charge is 0.257 e. The standard InChI is InChI=1S/C25H23N5O3/c1-25(2,3)21-13-22(29-33-21)28-24(31)18-12-20(16-8-5-4-6-9-16)27-23-19(18)14-26-30(23)15-17-10-7-11-32-17/h4-14H,15H2,1-3H3,(H,28,29,31). The lowest BCUT2D eigenvalue weighted by molar-refractivity contribution is 0.102. The number of furan rings is 1. The molecular formula is C25H23N5O3. The number of carbonyl (C=O) groups excluding carboxylic acids is 1. The van der Waals surface area contributed by atoms with Gasteiger partial charge in [-0.25, -0.2) is 9.67 Å². The minimum Gasteiger partial charge on any atom is -0.467 e. The highest BCUT2D eigenvalue weighted by Crippen LogP contribution is 2.28. The van der Waals surface area contributed by atoms with Crippen molar-refractivity contribution < 1.29 is 13.7 Å². The Morgan fingerprint density at radius 1 is 1.09 bits per heavy atom. The Labute approximate surface area is 190 Å². The van der Waals surface area contributed by atoms with Crippen LogP contribution in [0.3, 0.4) is 0 Å². The van der Waals surface area contributed by atoms with E-state index in [9.17, 15) is 4.79 Å². The highest BCUT2D eigenvalue weighted by atomic mass is 16.5. The molecule has 0 fully saturated rings. The Hall–Kier alpha value is -4.20. The van der Waals surface area contributed by atoms with Gasteiger partial charge < -0.3 is 14.3 Å². The minimum absolute atomic E-state index is 0.215. The lowest BCUT2D eigenvalue weighted by atomic mass is 9.93. The van der Waals surface area contributed by atoms with E-state index < -0.39 is 0 Å². The molecule has 0 aliphatic heterocycles. The van der Waals surface area contributed by atoms with Crippen LogP contribution in [0.15, 0.2) is 76.0 Å². The lowest BCUT2D eigenvalue weighted by Gasteiger charge is -2.12. The second kappa shape index (κ2) is 8.05. The number of nitrogens with zero attached hydrogens (tertiary/aromatic N) is 4. The summed E-state index contributed by atoms with van der Waals surface area (Å²) in [5, 5.41) is 12.0. The molecule has 0 aliphatic rings. The van der Waals surface area contributed by atoms with Crippen LogP contribution in [-0.2, 0) is 12.0 Å². The summed E-state index contributed by atoms with van der Waals surface area (Å²) < 4.78 is 12.6. The predicted octanol–water partition coefficient (Wildman–Crippen LogP) is 5.28. The highest BCUT2D eigenvalue weighted by Gasteiger charge is 2.22. The van der Waals surface area contributed by atoms with E-state index in [0.29, 0.717) is 40.4 Å². The number of anilines is 1. The number of rotatable bonds is 5. The van der Waals surface area contributed by atoms with Crippen molar-refractivity contribution in [2.45, 2.75) is 32.7 Å². The largest absolute Gasteiger partial charge is 0.467 e. The summed E-state index contributed by atoms with van der Waals surface area (Å²) in [6.07, 6.45) is 3.27. The first-order valence-corrected chi connectivity index (χ1v) is 10.6. The van der Waals surface area contributed by atoms with Gasteiger partial charge in [0.05, 0.1) is 29.1 Å². The Balaban J connectivity index is 1.57. The SMILES string of the molecule is CC(C)(C)c1cc(NC(=O)c2cc(-c3ccccc3)nc3c2cnn3Cc2ccco2)no1. The molecule has 1 aromatic carbocycles. The molecule has 0 spiro atoms. The summed E-state index contributed by atoms with van der Waals surface area (Å²) in [4.78, 5) is 18.1. The maximum atomic E-state index is 13.3. The van der Waals surface area contributed by atoms with Crippen LogP contribution in [0, 0.1) is 0 Å².